The molecule has 0 fully saturated rings. The number of carbonyl (C=O) groups is 1. The molecule has 0 spiro atoms. The fraction of sp³-hybridized carbons (Fsp3) is 0.231. The first-order chi connectivity index (χ1) is 8.58. The van der Waals surface area contributed by atoms with E-state index in [0.717, 1.165) is 5.76 Å². The van der Waals surface area contributed by atoms with Crippen LogP contribution in [0.15, 0.2) is 39.8 Å². The topological polar surface area (TPSA) is 75.1 Å². The molecule has 2 heterocycles. The van der Waals surface area contributed by atoms with Crippen molar-refractivity contribution in [2.45, 2.75) is 19.9 Å². The van der Waals surface area contributed by atoms with Crippen molar-refractivity contribution in [3.05, 3.63) is 57.9 Å². The van der Waals surface area contributed by atoms with E-state index in [0.29, 0.717) is 5.76 Å². The summed E-state index contributed by atoms with van der Waals surface area (Å²) in [4.78, 5) is 26.1. The fourth-order valence-electron chi connectivity index (χ4n) is 1.63. The summed E-state index contributed by atoms with van der Waals surface area (Å²) in [5.74, 6) is 1.02. The van der Waals surface area contributed by atoms with Crippen molar-refractivity contribution in [2.75, 3.05) is 0 Å². The van der Waals surface area contributed by atoms with Crippen LogP contribution in [-0.2, 0) is 0 Å². The summed E-state index contributed by atoms with van der Waals surface area (Å²) in [5.41, 5.74) is -0.221. The predicted octanol–water partition coefficient (Wildman–Crippen LogP) is 1.77. The van der Waals surface area contributed by atoms with E-state index >= 15 is 0 Å². The van der Waals surface area contributed by atoms with Gasteiger partial charge in [-0.15, -0.1) is 0 Å². The van der Waals surface area contributed by atoms with Crippen LogP contribution >= 0.6 is 0 Å². The molecule has 0 bridgehead atoms. The molecule has 0 saturated heterocycles. The minimum absolute atomic E-state index is 0.0904. The van der Waals surface area contributed by atoms with Gasteiger partial charge in [-0.2, -0.15) is 0 Å². The summed E-state index contributed by atoms with van der Waals surface area (Å²) < 4.78 is 5.41. The van der Waals surface area contributed by atoms with Gasteiger partial charge in [-0.3, -0.25) is 9.59 Å². The molecule has 18 heavy (non-hydrogen) atoms. The molecule has 0 aromatic carbocycles. The molecule has 1 atom stereocenters. The van der Waals surface area contributed by atoms with Gasteiger partial charge >= 0.3 is 0 Å². The minimum Gasteiger partial charge on any atom is -0.464 e. The second kappa shape index (κ2) is 4.91. The quantitative estimate of drug-likeness (QED) is 0.866. The zero-order valence-corrected chi connectivity index (χ0v) is 10.2. The van der Waals surface area contributed by atoms with Crippen LogP contribution in [0.4, 0.5) is 0 Å². The van der Waals surface area contributed by atoms with Crippen LogP contribution in [-0.4, -0.2) is 10.9 Å². The number of aromatic amines is 1. The van der Waals surface area contributed by atoms with Crippen molar-refractivity contribution in [2.24, 2.45) is 0 Å². The van der Waals surface area contributed by atoms with Gasteiger partial charge in [0.2, 0.25) is 0 Å². The van der Waals surface area contributed by atoms with Crippen LogP contribution in [0.3, 0.4) is 0 Å². The zero-order valence-electron chi connectivity index (χ0n) is 10.2. The van der Waals surface area contributed by atoms with Crippen LogP contribution in [0, 0.1) is 6.92 Å². The molecule has 0 aliphatic carbocycles. The van der Waals surface area contributed by atoms with Gasteiger partial charge in [0.05, 0.1) is 6.04 Å². The number of H-pyrrole nitrogens is 1. The van der Waals surface area contributed by atoms with E-state index in [-0.39, 0.29) is 17.0 Å². The molecule has 1 unspecified atom stereocenters. The van der Waals surface area contributed by atoms with Crippen LogP contribution in [0.2, 0.25) is 0 Å². The third kappa shape index (κ3) is 2.51. The van der Waals surface area contributed by atoms with Crippen molar-refractivity contribution in [1.29, 1.82) is 0 Å². The fourth-order valence-corrected chi connectivity index (χ4v) is 1.63. The smallest absolute Gasteiger partial charge is 0.257 e. The Hall–Kier alpha value is -2.30. The number of pyridine rings is 1. The molecule has 1 amide bonds. The molecule has 2 N–H and O–H groups in total. The lowest BCUT2D eigenvalue weighted by Crippen LogP contribution is -2.30. The highest BCUT2D eigenvalue weighted by Crippen LogP contribution is 2.15. The van der Waals surface area contributed by atoms with E-state index in [2.05, 4.69) is 10.3 Å². The number of hydrogen-bond acceptors (Lipinski definition) is 3. The van der Waals surface area contributed by atoms with E-state index in [1.165, 1.54) is 18.5 Å². The molecule has 0 radical (unpaired) electrons. The Morgan fingerprint density at radius 2 is 2.17 bits per heavy atom. The van der Waals surface area contributed by atoms with Crippen molar-refractivity contribution in [3.63, 3.8) is 0 Å². The molecular formula is C13H14N2O3. The van der Waals surface area contributed by atoms with Gasteiger partial charge in [0.25, 0.3) is 5.91 Å². The molecule has 5 nitrogen and oxygen atoms in total. The van der Waals surface area contributed by atoms with E-state index in [9.17, 15) is 9.59 Å². The lowest BCUT2D eigenvalue weighted by molar-refractivity contribution is 0.0933. The molecule has 0 aliphatic rings. The Morgan fingerprint density at radius 3 is 2.78 bits per heavy atom. The Kier molecular flexibility index (Phi) is 3.32. The Balaban J connectivity index is 2.13. The van der Waals surface area contributed by atoms with E-state index in [1.54, 1.807) is 13.0 Å². The first kappa shape index (κ1) is 12.2. The molecule has 5 heteroatoms. The number of aryl methyl sites for hydroxylation is 1. The van der Waals surface area contributed by atoms with Gasteiger partial charge in [0.1, 0.15) is 17.1 Å². The average molecular weight is 246 g/mol. The number of rotatable bonds is 3. The van der Waals surface area contributed by atoms with Crippen LogP contribution in [0.25, 0.3) is 0 Å². The summed E-state index contributed by atoms with van der Waals surface area (Å²) in [5, 5.41) is 2.71. The summed E-state index contributed by atoms with van der Waals surface area (Å²) in [6.07, 6.45) is 2.87. The first-order valence-corrected chi connectivity index (χ1v) is 5.62. The maximum Gasteiger partial charge on any atom is 0.257 e. The average Bonchev–Trinajstić information content (AvgIpc) is 2.76. The minimum atomic E-state index is -0.418. The van der Waals surface area contributed by atoms with Crippen molar-refractivity contribution < 1.29 is 9.21 Å². The standard InChI is InChI=1S/C13H14N2O3/c1-8-3-4-12(18-8)9(2)15-13(17)10-7-14-6-5-11(10)16/h3-7,9H,1-2H3,(H,14,16)(H,15,17). The van der Waals surface area contributed by atoms with Gasteiger partial charge < -0.3 is 14.7 Å². The van der Waals surface area contributed by atoms with Crippen LogP contribution in [0.1, 0.15) is 34.8 Å². The summed E-state index contributed by atoms with van der Waals surface area (Å²) in [7, 11) is 0. The Bertz CT molecular complexity index is 612. The number of amides is 1. The molecule has 0 aliphatic heterocycles. The van der Waals surface area contributed by atoms with Crippen LogP contribution < -0.4 is 10.7 Å². The Morgan fingerprint density at radius 1 is 1.39 bits per heavy atom. The van der Waals surface area contributed by atoms with E-state index in [4.69, 9.17) is 4.42 Å². The third-order valence-electron chi connectivity index (χ3n) is 2.60. The van der Waals surface area contributed by atoms with E-state index in [1.807, 2.05) is 13.0 Å². The highest BCUT2D eigenvalue weighted by Gasteiger charge is 2.15. The lowest BCUT2D eigenvalue weighted by atomic mass is 10.2. The summed E-state index contributed by atoms with van der Waals surface area (Å²) >= 11 is 0. The molecule has 0 saturated carbocycles. The zero-order chi connectivity index (χ0) is 13.1. The molecule has 94 valence electrons. The van der Waals surface area contributed by atoms with Crippen molar-refractivity contribution >= 4 is 5.91 Å². The second-order valence-electron chi connectivity index (χ2n) is 4.07. The molecular weight excluding hydrogens is 232 g/mol. The second-order valence-corrected chi connectivity index (χ2v) is 4.07. The molecule has 2 aromatic rings. The van der Waals surface area contributed by atoms with Crippen LogP contribution in [0.5, 0.6) is 0 Å². The van der Waals surface area contributed by atoms with Crippen molar-refractivity contribution in [1.82, 2.24) is 10.3 Å². The summed E-state index contributed by atoms with van der Waals surface area (Å²) in [6.45, 7) is 3.63. The van der Waals surface area contributed by atoms with Gasteiger partial charge in [-0.25, -0.2) is 0 Å². The predicted molar refractivity (Wildman–Crippen MR) is 66.4 cm³/mol. The maximum absolute atomic E-state index is 11.9. The first-order valence-electron chi connectivity index (χ1n) is 5.62. The van der Waals surface area contributed by atoms with Gasteiger partial charge in [0.15, 0.2) is 5.43 Å². The molecule has 2 aromatic heterocycles. The monoisotopic (exact) mass is 246 g/mol. The van der Waals surface area contributed by atoms with Gasteiger partial charge in [0, 0.05) is 18.5 Å². The highest BCUT2D eigenvalue weighted by molar-refractivity contribution is 5.93. The summed E-state index contributed by atoms with van der Waals surface area (Å²) in [6, 6.07) is 4.66. The normalized spacial score (nSPS) is 12.1. The SMILES string of the molecule is Cc1ccc(C(C)NC(=O)c2c[nH]ccc2=O)o1. The van der Waals surface area contributed by atoms with Crippen molar-refractivity contribution in [3.8, 4) is 0 Å². The van der Waals surface area contributed by atoms with E-state index < -0.39 is 5.91 Å². The number of carbonyl (C=O) groups excluding carboxylic acids is 1. The number of furan rings is 1. The van der Waals surface area contributed by atoms with Gasteiger partial charge in [-0.05, 0) is 26.0 Å². The largest absolute Gasteiger partial charge is 0.464 e. The lowest BCUT2D eigenvalue weighted by Gasteiger charge is -2.10. The number of nitrogens with one attached hydrogen (secondary N) is 2. The molecule has 2 rings (SSSR count). The maximum atomic E-state index is 11.9. The number of aromatic nitrogens is 1. The number of hydrogen-bond donors (Lipinski definition) is 2. The Labute approximate surface area is 104 Å². The van der Waals surface area contributed by atoms with Gasteiger partial charge in [-0.1, -0.05) is 0 Å². The highest BCUT2D eigenvalue weighted by atomic mass is 16.3. The third-order valence-corrected chi connectivity index (χ3v) is 2.60.